The summed E-state index contributed by atoms with van der Waals surface area (Å²) < 4.78 is 1.73. The van der Waals surface area contributed by atoms with Crippen molar-refractivity contribution in [3.8, 4) is 0 Å². The third-order valence-electron chi connectivity index (χ3n) is 3.08. The Morgan fingerprint density at radius 1 is 1.10 bits per heavy atom. The van der Waals surface area contributed by atoms with Crippen molar-refractivity contribution in [2.24, 2.45) is 0 Å². The number of nitrogens with one attached hydrogen (secondary N) is 1. The van der Waals surface area contributed by atoms with Gasteiger partial charge in [-0.1, -0.05) is 47.7 Å². The lowest BCUT2D eigenvalue weighted by molar-refractivity contribution is -0.119. The molecule has 0 unspecified atom stereocenters. The van der Waals surface area contributed by atoms with Crippen molar-refractivity contribution in [2.75, 3.05) is 0 Å². The maximum absolute atomic E-state index is 11.5. The van der Waals surface area contributed by atoms with E-state index in [9.17, 15) is 4.79 Å². The first-order valence-electron chi connectivity index (χ1n) is 6.37. The van der Waals surface area contributed by atoms with E-state index < -0.39 is 0 Å². The lowest BCUT2D eigenvalue weighted by atomic mass is 10.1. The molecule has 100 valence electrons. The van der Waals surface area contributed by atoms with Crippen LogP contribution in [0.5, 0.6) is 0 Å². The SMILES string of the molecule is CC(=O)N[C@H](c1ccccc1)n1nnc2ccccc21. The van der Waals surface area contributed by atoms with E-state index in [0.29, 0.717) is 0 Å². The molecule has 1 N–H and O–H groups in total. The molecule has 0 aliphatic carbocycles. The monoisotopic (exact) mass is 266 g/mol. The summed E-state index contributed by atoms with van der Waals surface area (Å²) >= 11 is 0. The lowest BCUT2D eigenvalue weighted by Crippen LogP contribution is -2.32. The third-order valence-corrected chi connectivity index (χ3v) is 3.08. The number of hydrogen-bond donors (Lipinski definition) is 1. The molecule has 20 heavy (non-hydrogen) atoms. The van der Waals surface area contributed by atoms with Gasteiger partial charge < -0.3 is 5.32 Å². The second kappa shape index (κ2) is 5.13. The van der Waals surface area contributed by atoms with Gasteiger partial charge in [-0.25, -0.2) is 4.68 Å². The third kappa shape index (κ3) is 2.25. The van der Waals surface area contributed by atoms with Gasteiger partial charge in [0.2, 0.25) is 5.91 Å². The van der Waals surface area contributed by atoms with Crippen LogP contribution in [-0.4, -0.2) is 20.9 Å². The smallest absolute Gasteiger partial charge is 0.218 e. The highest BCUT2D eigenvalue weighted by molar-refractivity contribution is 5.76. The summed E-state index contributed by atoms with van der Waals surface area (Å²) in [5.41, 5.74) is 2.65. The molecule has 3 aromatic rings. The van der Waals surface area contributed by atoms with Crippen LogP contribution in [0.2, 0.25) is 0 Å². The van der Waals surface area contributed by atoms with E-state index in [1.807, 2.05) is 54.6 Å². The maximum atomic E-state index is 11.5. The Balaban J connectivity index is 2.12. The Kier molecular flexibility index (Phi) is 3.16. The minimum atomic E-state index is -0.360. The van der Waals surface area contributed by atoms with E-state index in [-0.39, 0.29) is 12.1 Å². The van der Waals surface area contributed by atoms with Crippen LogP contribution in [0.3, 0.4) is 0 Å². The van der Waals surface area contributed by atoms with E-state index >= 15 is 0 Å². The fraction of sp³-hybridized carbons (Fsp3) is 0.133. The predicted octanol–water partition coefficient (Wildman–Crippen LogP) is 2.11. The molecule has 3 rings (SSSR count). The lowest BCUT2D eigenvalue weighted by Gasteiger charge is -2.19. The van der Waals surface area contributed by atoms with Crippen molar-refractivity contribution in [2.45, 2.75) is 13.1 Å². The van der Waals surface area contributed by atoms with Gasteiger partial charge in [0.1, 0.15) is 5.52 Å². The van der Waals surface area contributed by atoms with Crippen LogP contribution in [0, 0.1) is 0 Å². The van der Waals surface area contributed by atoms with Gasteiger partial charge in [0, 0.05) is 6.92 Å². The van der Waals surface area contributed by atoms with Gasteiger partial charge in [0.15, 0.2) is 6.17 Å². The molecule has 2 aromatic carbocycles. The zero-order valence-corrected chi connectivity index (χ0v) is 11.0. The highest BCUT2D eigenvalue weighted by Gasteiger charge is 2.18. The molecule has 1 heterocycles. The van der Waals surface area contributed by atoms with Gasteiger partial charge in [-0.05, 0) is 17.7 Å². The molecule has 1 atom stereocenters. The standard InChI is InChI=1S/C15H14N4O/c1-11(20)16-15(12-7-3-2-4-8-12)19-14-10-6-5-9-13(14)17-18-19/h2-10,15H,1H3,(H,16,20)/t15-/m0/s1. The molecule has 0 aliphatic heterocycles. The largest absolute Gasteiger partial charge is 0.331 e. The number of fused-ring (bicyclic) bond motifs is 1. The molecule has 0 fully saturated rings. The number of rotatable bonds is 3. The van der Waals surface area contributed by atoms with Crippen LogP contribution in [0.1, 0.15) is 18.7 Å². The quantitative estimate of drug-likeness (QED) is 0.790. The molecular formula is C15H14N4O. The second-order valence-electron chi connectivity index (χ2n) is 4.54. The van der Waals surface area contributed by atoms with Crippen molar-refractivity contribution in [3.05, 3.63) is 60.2 Å². The van der Waals surface area contributed by atoms with Gasteiger partial charge in [-0.2, -0.15) is 0 Å². The van der Waals surface area contributed by atoms with Gasteiger partial charge >= 0.3 is 0 Å². The van der Waals surface area contributed by atoms with E-state index in [4.69, 9.17) is 0 Å². The van der Waals surface area contributed by atoms with Crippen molar-refractivity contribution < 1.29 is 4.79 Å². The van der Waals surface area contributed by atoms with Gasteiger partial charge in [0.25, 0.3) is 0 Å². The summed E-state index contributed by atoms with van der Waals surface area (Å²) in [7, 11) is 0. The Bertz CT molecular complexity index is 736. The minimum absolute atomic E-state index is 0.113. The van der Waals surface area contributed by atoms with Gasteiger partial charge in [0.05, 0.1) is 5.52 Å². The predicted molar refractivity (Wildman–Crippen MR) is 75.9 cm³/mol. The summed E-state index contributed by atoms with van der Waals surface area (Å²) in [6.45, 7) is 1.50. The Morgan fingerprint density at radius 3 is 2.55 bits per heavy atom. The van der Waals surface area contributed by atoms with Crippen molar-refractivity contribution in [1.29, 1.82) is 0 Å². The number of aromatic nitrogens is 3. The molecule has 0 saturated carbocycles. The fourth-order valence-electron chi connectivity index (χ4n) is 2.19. The Hall–Kier alpha value is -2.69. The van der Waals surface area contributed by atoms with E-state index in [1.54, 1.807) is 4.68 Å². The maximum Gasteiger partial charge on any atom is 0.218 e. The van der Waals surface area contributed by atoms with Crippen LogP contribution in [0.15, 0.2) is 54.6 Å². The zero-order chi connectivity index (χ0) is 13.9. The highest BCUT2D eigenvalue weighted by atomic mass is 16.1. The summed E-state index contributed by atoms with van der Waals surface area (Å²) in [6, 6.07) is 17.4. The first-order chi connectivity index (χ1) is 9.75. The van der Waals surface area contributed by atoms with E-state index in [1.165, 1.54) is 6.92 Å². The molecule has 1 amide bonds. The number of carbonyl (C=O) groups excluding carboxylic acids is 1. The van der Waals surface area contributed by atoms with Gasteiger partial charge in [-0.15, -0.1) is 5.10 Å². The Labute approximate surface area is 116 Å². The number of carbonyl (C=O) groups is 1. The second-order valence-corrected chi connectivity index (χ2v) is 4.54. The summed E-state index contributed by atoms with van der Waals surface area (Å²) in [6.07, 6.45) is -0.360. The van der Waals surface area contributed by atoms with Crippen LogP contribution in [0.4, 0.5) is 0 Å². The first kappa shape index (κ1) is 12.3. The normalized spacial score (nSPS) is 12.2. The summed E-state index contributed by atoms with van der Waals surface area (Å²) in [5.74, 6) is -0.113. The number of para-hydroxylation sites is 1. The minimum Gasteiger partial charge on any atom is -0.331 e. The summed E-state index contributed by atoms with van der Waals surface area (Å²) in [5, 5.41) is 11.2. The van der Waals surface area contributed by atoms with Crippen LogP contribution in [-0.2, 0) is 4.79 Å². The zero-order valence-electron chi connectivity index (χ0n) is 11.0. The fourth-order valence-corrected chi connectivity index (χ4v) is 2.19. The molecule has 1 aromatic heterocycles. The first-order valence-corrected chi connectivity index (χ1v) is 6.37. The molecular weight excluding hydrogens is 252 g/mol. The molecule has 5 heteroatoms. The van der Waals surface area contributed by atoms with Gasteiger partial charge in [-0.3, -0.25) is 4.79 Å². The molecule has 0 radical (unpaired) electrons. The molecule has 0 saturated heterocycles. The average molecular weight is 266 g/mol. The molecule has 0 spiro atoms. The number of nitrogens with zero attached hydrogens (tertiary/aromatic N) is 3. The topological polar surface area (TPSA) is 59.8 Å². The highest BCUT2D eigenvalue weighted by Crippen LogP contribution is 2.19. The molecule has 0 bridgehead atoms. The summed E-state index contributed by atoms with van der Waals surface area (Å²) in [4.78, 5) is 11.5. The van der Waals surface area contributed by atoms with Crippen molar-refractivity contribution >= 4 is 16.9 Å². The van der Waals surface area contributed by atoms with Crippen molar-refractivity contribution in [1.82, 2.24) is 20.3 Å². The van der Waals surface area contributed by atoms with E-state index in [2.05, 4.69) is 15.6 Å². The number of amides is 1. The van der Waals surface area contributed by atoms with Crippen molar-refractivity contribution in [3.63, 3.8) is 0 Å². The molecule has 0 aliphatic rings. The number of hydrogen-bond acceptors (Lipinski definition) is 3. The van der Waals surface area contributed by atoms with Crippen LogP contribution in [0.25, 0.3) is 11.0 Å². The molecule has 5 nitrogen and oxygen atoms in total. The van der Waals surface area contributed by atoms with E-state index in [0.717, 1.165) is 16.6 Å². The number of benzene rings is 2. The Morgan fingerprint density at radius 2 is 1.80 bits per heavy atom. The van der Waals surface area contributed by atoms with Crippen LogP contribution < -0.4 is 5.32 Å². The average Bonchev–Trinajstić information content (AvgIpc) is 2.89. The van der Waals surface area contributed by atoms with Crippen LogP contribution >= 0.6 is 0 Å².